The second-order valence-corrected chi connectivity index (χ2v) is 3.02. The molecule has 0 aromatic carbocycles. The van der Waals surface area contributed by atoms with Gasteiger partial charge in [-0.25, -0.2) is 4.79 Å². The Bertz CT molecular complexity index is 211. The minimum atomic E-state index is -0.316. The Morgan fingerprint density at radius 1 is 1.57 bits per heavy atom. The minimum Gasteiger partial charge on any atom is -0.449 e. The van der Waals surface area contributed by atoms with Crippen molar-refractivity contribution in [2.45, 2.75) is 26.7 Å². The Kier molecular flexibility index (Phi) is 6.54. The molecule has 0 atom stereocenters. The van der Waals surface area contributed by atoms with Gasteiger partial charge in [0.1, 0.15) is 0 Å². The van der Waals surface area contributed by atoms with Gasteiger partial charge in [-0.1, -0.05) is 12.7 Å². The van der Waals surface area contributed by atoms with Crippen molar-refractivity contribution in [3.05, 3.63) is 24.9 Å². The van der Waals surface area contributed by atoms with Gasteiger partial charge < -0.3 is 4.74 Å². The van der Waals surface area contributed by atoms with E-state index in [1.54, 1.807) is 18.7 Å². The van der Waals surface area contributed by atoms with Gasteiger partial charge in [0.15, 0.2) is 0 Å². The molecule has 0 radical (unpaired) electrons. The summed E-state index contributed by atoms with van der Waals surface area (Å²) in [6.45, 7) is 12.0. The molecule has 0 aliphatic carbocycles. The fourth-order valence-electron chi connectivity index (χ4n) is 1.03. The molecule has 0 fully saturated rings. The van der Waals surface area contributed by atoms with Gasteiger partial charge in [-0.15, -0.1) is 6.58 Å². The van der Waals surface area contributed by atoms with Gasteiger partial charge in [0.25, 0.3) is 0 Å². The molecule has 0 aliphatic rings. The number of nitrogens with zero attached hydrogens (tertiary/aromatic N) is 1. The number of unbranched alkanes of at least 4 members (excludes halogenated alkanes) is 1. The van der Waals surface area contributed by atoms with Gasteiger partial charge in [0.2, 0.25) is 0 Å². The summed E-state index contributed by atoms with van der Waals surface area (Å²) in [5.41, 5.74) is 0.715. The maximum absolute atomic E-state index is 11.4. The summed E-state index contributed by atoms with van der Waals surface area (Å²) in [6.07, 6.45) is 3.30. The fraction of sp³-hybridized carbons (Fsp3) is 0.545. The van der Waals surface area contributed by atoms with Gasteiger partial charge in [-0.2, -0.15) is 0 Å². The van der Waals surface area contributed by atoms with E-state index in [2.05, 4.69) is 13.2 Å². The summed E-state index contributed by atoms with van der Waals surface area (Å²) in [5.74, 6) is 0. The molecule has 0 spiro atoms. The third-order valence-electron chi connectivity index (χ3n) is 1.74. The predicted molar refractivity (Wildman–Crippen MR) is 58.0 cm³/mol. The highest BCUT2D eigenvalue weighted by molar-refractivity contribution is 5.69. The smallest absolute Gasteiger partial charge is 0.413 e. The number of carbonyl (C=O) groups excluding carboxylic acids is 1. The Morgan fingerprint density at radius 2 is 2.21 bits per heavy atom. The molecule has 0 saturated heterocycles. The molecule has 3 nitrogen and oxygen atoms in total. The van der Waals surface area contributed by atoms with E-state index in [1.165, 1.54) is 0 Å². The Labute approximate surface area is 86.0 Å². The van der Waals surface area contributed by atoms with E-state index in [9.17, 15) is 4.79 Å². The number of hydrogen-bond acceptors (Lipinski definition) is 2. The topological polar surface area (TPSA) is 29.5 Å². The van der Waals surface area contributed by atoms with Crippen LogP contribution in [0.15, 0.2) is 24.9 Å². The Hall–Kier alpha value is -1.25. The zero-order valence-corrected chi connectivity index (χ0v) is 9.08. The van der Waals surface area contributed by atoms with Crippen LogP contribution in [0.3, 0.4) is 0 Å². The average molecular weight is 197 g/mol. The summed E-state index contributed by atoms with van der Waals surface area (Å²) in [4.78, 5) is 12.9. The molecule has 0 rings (SSSR count). The molecular weight excluding hydrogens is 178 g/mol. The fourth-order valence-corrected chi connectivity index (χ4v) is 1.03. The quantitative estimate of drug-likeness (QED) is 0.484. The Morgan fingerprint density at radius 3 is 2.64 bits per heavy atom. The largest absolute Gasteiger partial charge is 0.449 e. The van der Waals surface area contributed by atoms with Crippen LogP contribution in [0.2, 0.25) is 0 Å². The van der Waals surface area contributed by atoms with Crippen LogP contribution in [0.5, 0.6) is 0 Å². The van der Waals surface area contributed by atoms with E-state index >= 15 is 0 Å². The van der Waals surface area contributed by atoms with E-state index in [0.29, 0.717) is 18.8 Å². The number of allylic oxidation sites excluding steroid dienone is 2. The minimum absolute atomic E-state index is 0.316. The molecule has 0 N–H and O–H groups in total. The molecule has 0 heterocycles. The molecule has 1 amide bonds. The zero-order chi connectivity index (χ0) is 11.0. The highest BCUT2D eigenvalue weighted by Gasteiger charge is 2.13. The summed E-state index contributed by atoms with van der Waals surface area (Å²) in [5, 5.41) is 0. The first-order valence-corrected chi connectivity index (χ1v) is 4.84. The van der Waals surface area contributed by atoms with Crippen LogP contribution in [-0.2, 0) is 4.74 Å². The van der Waals surface area contributed by atoms with Gasteiger partial charge in [0, 0.05) is 12.2 Å². The Balaban J connectivity index is 4.07. The number of rotatable bonds is 6. The second-order valence-electron chi connectivity index (χ2n) is 3.02. The van der Waals surface area contributed by atoms with Crippen LogP contribution < -0.4 is 0 Å². The third kappa shape index (κ3) is 4.70. The lowest BCUT2D eigenvalue weighted by molar-refractivity contribution is 0.118. The lowest BCUT2D eigenvalue weighted by Gasteiger charge is -2.21. The van der Waals surface area contributed by atoms with Crippen molar-refractivity contribution in [2.24, 2.45) is 0 Å². The normalized spacial score (nSPS) is 9.29. The summed E-state index contributed by atoms with van der Waals surface area (Å²) in [7, 11) is 0. The van der Waals surface area contributed by atoms with E-state index in [4.69, 9.17) is 4.74 Å². The number of ether oxygens (including phenoxy) is 1. The molecule has 0 saturated carbocycles. The highest BCUT2D eigenvalue weighted by Crippen LogP contribution is 2.06. The molecule has 0 unspecified atom stereocenters. The van der Waals surface area contributed by atoms with Crippen LogP contribution >= 0.6 is 0 Å². The van der Waals surface area contributed by atoms with Crippen LogP contribution in [0, 0.1) is 0 Å². The van der Waals surface area contributed by atoms with E-state index in [-0.39, 0.29) is 6.09 Å². The van der Waals surface area contributed by atoms with Crippen molar-refractivity contribution in [3.8, 4) is 0 Å². The van der Waals surface area contributed by atoms with Gasteiger partial charge in [-0.3, -0.25) is 4.90 Å². The molecule has 14 heavy (non-hydrogen) atoms. The van der Waals surface area contributed by atoms with Crippen molar-refractivity contribution < 1.29 is 9.53 Å². The van der Waals surface area contributed by atoms with Crippen molar-refractivity contribution in [2.75, 3.05) is 13.2 Å². The molecule has 0 bridgehead atoms. The van der Waals surface area contributed by atoms with Crippen LogP contribution in [-0.4, -0.2) is 24.1 Å². The van der Waals surface area contributed by atoms with E-state index in [1.807, 2.05) is 6.08 Å². The second kappa shape index (κ2) is 7.18. The van der Waals surface area contributed by atoms with Crippen molar-refractivity contribution in [1.82, 2.24) is 4.90 Å². The molecule has 0 aliphatic heterocycles. The van der Waals surface area contributed by atoms with Crippen LogP contribution in [0.4, 0.5) is 4.79 Å². The van der Waals surface area contributed by atoms with Crippen molar-refractivity contribution in [1.29, 1.82) is 0 Å². The van der Waals surface area contributed by atoms with E-state index < -0.39 is 0 Å². The van der Waals surface area contributed by atoms with Crippen LogP contribution in [0.1, 0.15) is 26.7 Å². The lowest BCUT2D eigenvalue weighted by Crippen LogP contribution is -2.30. The predicted octanol–water partition coefficient (Wildman–Crippen LogP) is 2.94. The monoisotopic (exact) mass is 197 g/mol. The van der Waals surface area contributed by atoms with Crippen molar-refractivity contribution >= 4 is 6.09 Å². The average Bonchev–Trinajstić information content (AvgIpc) is 2.12. The first-order chi connectivity index (χ1) is 6.63. The maximum Gasteiger partial charge on any atom is 0.413 e. The van der Waals surface area contributed by atoms with Gasteiger partial charge in [0.05, 0.1) is 6.61 Å². The summed E-state index contributed by atoms with van der Waals surface area (Å²) in [6, 6.07) is 0. The molecule has 0 aromatic rings. The van der Waals surface area contributed by atoms with Crippen molar-refractivity contribution in [3.63, 3.8) is 0 Å². The SMILES string of the molecule is C=CCCCN(C(=C)C)C(=O)OCC. The standard InChI is InChI=1S/C11H19NO2/c1-5-7-8-9-12(10(3)4)11(13)14-6-2/h5H,1,3,6-9H2,2,4H3. The first-order valence-electron chi connectivity index (χ1n) is 4.84. The number of amides is 1. The summed E-state index contributed by atoms with van der Waals surface area (Å²) < 4.78 is 4.90. The molecule has 80 valence electrons. The third-order valence-corrected chi connectivity index (χ3v) is 1.74. The summed E-state index contributed by atoms with van der Waals surface area (Å²) >= 11 is 0. The van der Waals surface area contributed by atoms with E-state index in [0.717, 1.165) is 12.8 Å². The number of hydrogen-bond donors (Lipinski definition) is 0. The molecule has 0 aromatic heterocycles. The molecular formula is C11H19NO2. The highest BCUT2D eigenvalue weighted by atomic mass is 16.6. The number of carbonyl (C=O) groups is 1. The lowest BCUT2D eigenvalue weighted by atomic mass is 10.3. The maximum atomic E-state index is 11.4. The molecule has 3 heteroatoms. The van der Waals surface area contributed by atoms with Gasteiger partial charge in [-0.05, 0) is 26.7 Å². The van der Waals surface area contributed by atoms with Crippen LogP contribution in [0.25, 0.3) is 0 Å². The first kappa shape index (κ1) is 12.8. The van der Waals surface area contributed by atoms with Gasteiger partial charge >= 0.3 is 6.09 Å². The zero-order valence-electron chi connectivity index (χ0n) is 9.08.